The Labute approximate surface area is 164 Å². The van der Waals surface area contributed by atoms with Crippen LogP contribution in [0.1, 0.15) is 10.4 Å². The van der Waals surface area contributed by atoms with Crippen LogP contribution in [0.15, 0.2) is 47.4 Å². The van der Waals surface area contributed by atoms with Crippen LogP contribution in [0.4, 0.5) is 5.69 Å². The van der Waals surface area contributed by atoms with Crippen molar-refractivity contribution in [1.29, 1.82) is 0 Å². The predicted octanol–water partition coefficient (Wildman–Crippen LogP) is 0.578. The van der Waals surface area contributed by atoms with E-state index in [1.165, 1.54) is 36.7 Å². The molecule has 1 aliphatic heterocycles. The molecule has 0 spiro atoms. The molecule has 1 aliphatic rings. The van der Waals surface area contributed by atoms with E-state index in [9.17, 15) is 18.3 Å². The Kier molecular flexibility index (Phi) is 5.76. The van der Waals surface area contributed by atoms with Gasteiger partial charge >= 0.3 is 0 Å². The highest BCUT2D eigenvalue weighted by Crippen LogP contribution is 2.31. The number of benzene rings is 2. The van der Waals surface area contributed by atoms with Gasteiger partial charge in [0.2, 0.25) is 10.0 Å². The van der Waals surface area contributed by atoms with Gasteiger partial charge in [0.25, 0.3) is 0 Å². The number of aromatic carboxylic acids is 1. The van der Waals surface area contributed by atoms with Crippen molar-refractivity contribution in [1.82, 2.24) is 4.31 Å². The van der Waals surface area contributed by atoms with Crippen LogP contribution in [0.5, 0.6) is 11.5 Å². The number of hydrogen-bond acceptors (Lipinski definition) is 7. The number of carbonyl (C=O) groups is 1. The maximum atomic E-state index is 13.1. The molecule has 0 atom stereocenters. The number of carbonyl (C=O) groups excluding carboxylic acids is 1. The Hall–Kier alpha value is -2.78. The number of piperazine rings is 1. The smallest absolute Gasteiger partial charge is 0.247 e. The Bertz CT molecular complexity index is 968. The molecule has 2 aromatic rings. The SMILES string of the molecule is COc1ccc(OC)c(S(=O)(=O)N2CCN(c3cccc(C(=O)[O-])c3)CC2)c1. The van der Waals surface area contributed by atoms with E-state index in [0.717, 1.165) is 5.69 Å². The lowest BCUT2D eigenvalue weighted by molar-refractivity contribution is -0.255. The first-order chi connectivity index (χ1) is 13.4. The number of methoxy groups -OCH3 is 2. The molecule has 0 saturated carbocycles. The third-order valence-electron chi connectivity index (χ3n) is 4.67. The topological polar surface area (TPSA) is 99.2 Å². The molecule has 28 heavy (non-hydrogen) atoms. The van der Waals surface area contributed by atoms with Gasteiger partial charge < -0.3 is 24.3 Å². The third-order valence-corrected chi connectivity index (χ3v) is 6.59. The molecule has 150 valence electrons. The fraction of sp³-hybridized carbons (Fsp3) is 0.316. The lowest BCUT2D eigenvalue weighted by atomic mass is 10.2. The molecule has 0 aliphatic carbocycles. The number of sulfonamides is 1. The Balaban J connectivity index is 1.79. The van der Waals surface area contributed by atoms with Crippen LogP contribution in [0, 0.1) is 0 Å². The average molecular weight is 405 g/mol. The third kappa shape index (κ3) is 3.90. The van der Waals surface area contributed by atoms with Gasteiger partial charge in [0, 0.05) is 37.9 Å². The first-order valence-electron chi connectivity index (χ1n) is 8.65. The summed E-state index contributed by atoms with van der Waals surface area (Å²) in [4.78, 5) is 13.1. The van der Waals surface area contributed by atoms with Crippen molar-refractivity contribution in [2.75, 3.05) is 45.3 Å². The van der Waals surface area contributed by atoms with Gasteiger partial charge in [0.1, 0.15) is 16.4 Å². The Morgan fingerprint density at radius 1 is 1.00 bits per heavy atom. The normalized spacial score (nSPS) is 15.3. The molecule has 1 saturated heterocycles. The number of carboxylic acid groups (broad SMARTS) is 1. The Morgan fingerprint density at radius 3 is 2.32 bits per heavy atom. The van der Waals surface area contributed by atoms with E-state index in [2.05, 4.69) is 0 Å². The second-order valence-corrected chi connectivity index (χ2v) is 8.15. The van der Waals surface area contributed by atoms with Crippen molar-refractivity contribution >= 4 is 21.7 Å². The zero-order chi connectivity index (χ0) is 20.3. The van der Waals surface area contributed by atoms with Gasteiger partial charge in [-0.15, -0.1) is 0 Å². The molecule has 1 fully saturated rings. The van der Waals surface area contributed by atoms with E-state index in [1.807, 2.05) is 4.90 Å². The van der Waals surface area contributed by atoms with Gasteiger partial charge in [-0.2, -0.15) is 4.31 Å². The van der Waals surface area contributed by atoms with E-state index < -0.39 is 16.0 Å². The minimum atomic E-state index is -3.77. The molecule has 0 unspecified atom stereocenters. The molecule has 9 heteroatoms. The molecule has 0 aromatic heterocycles. The number of rotatable bonds is 6. The van der Waals surface area contributed by atoms with Crippen molar-refractivity contribution in [3.63, 3.8) is 0 Å². The molecule has 0 N–H and O–H groups in total. The first kappa shape index (κ1) is 20.0. The summed E-state index contributed by atoms with van der Waals surface area (Å²) in [5.74, 6) is -0.560. The van der Waals surface area contributed by atoms with E-state index in [4.69, 9.17) is 9.47 Å². The minimum Gasteiger partial charge on any atom is -0.545 e. The monoisotopic (exact) mass is 405 g/mol. The van der Waals surface area contributed by atoms with Gasteiger partial charge in [0.05, 0.1) is 20.2 Å². The van der Waals surface area contributed by atoms with E-state index >= 15 is 0 Å². The van der Waals surface area contributed by atoms with Crippen LogP contribution in [0.25, 0.3) is 0 Å². The standard InChI is InChI=1S/C19H22N2O6S/c1-26-16-6-7-17(27-2)18(13-16)28(24,25)21-10-8-20(9-11-21)15-5-3-4-14(12-15)19(22)23/h3-7,12-13H,8-11H2,1-2H3,(H,22,23)/p-1. The van der Waals surface area contributed by atoms with Crippen LogP contribution in [0.2, 0.25) is 0 Å². The van der Waals surface area contributed by atoms with Crippen LogP contribution in [-0.2, 0) is 10.0 Å². The van der Waals surface area contributed by atoms with Crippen LogP contribution in [-0.4, -0.2) is 59.1 Å². The van der Waals surface area contributed by atoms with Crippen molar-refractivity contribution in [2.45, 2.75) is 4.90 Å². The molecular weight excluding hydrogens is 384 g/mol. The largest absolute Gasteiger partial charge is 0.545 e. The van der Waals surface area contributed by atoms with Gasteiger partial charge in [0.15, 0.2) is 0 Å². The number of hydrogen-bond donors (Lipinski definition) is 0. The van der Waals surface area contributed by atoms with Gasteiger partial charge in [-0.25, -0.2) is 8.42 Å². The van der Waals surface area contributed by atoms with Gasteiger partial charge in [-0.3, -0.25) is 0 Å². The lowest BCUT2D eigenvalue weighted by Crippen LogP contribution is -2.48. The summed E-state index contributed by atoms with van der Waals surface area (Å²) in [6.07, 6.45) is 0. The van der Waals surface area contributed by atoms with Gasteiger partial charge in [-0.1, -0.05) is 12.1 Å². The predicted molar refractivity (Wildman–Crippen MR) is 101 cm³/mol. The fourth-order valence-corrected chi connectivity index (χ4v) is 4.73. The Morgan fingerprint density at radius 2 is 1.71 bits per heavy atom. The van der Waals surface area contributed by atoms with Crippen LogP contribution >= 0.6 is 0 Å². The van der Waals surface area contributed by atoms with E-state index in [1.54, 1.807) is 24.3 Å². The molecule has 0 radical (unpaired) electrons. The molecule has 0 bridgehead atoms. The summed E-state index contributed by atoms with van der Waals surface area (Å²) < 4.78 is 38.0. The molecule has 8 nitrogen and oxygen atoms in total. The van der Waals surface area contributed by atoms with Gasteiger partial charge in [-0.05, 0) is 29.8 Å². The van der Waals surface area contributed by atoms with E-state index in [-0.39, 0.29) is 29.3 Å². The molecular formula is C19H21N2O6S-. The first-order valence-corrected chi connectivity index (χ1v) is 10.1. The van der Waals surface area contributed by atoms with Crippen LogP contribution in [0.3, 0.4) is 0 Å². The summed E-state index contributed by atoms with van der Waals surface area (Å²) in [5, 5.41) is 11.0. The molecule has 1 heterocycles. The second-order valence-electron chi connectivity index (χ2n) is 6.25. The zero-order valence-electron chi connectivity index (χ0n) is 15.6. The maximum absolute atomic E-state index is 13.1. The van der Waals surface area contributed by atoms with Crippen LogP contribution < -0.4 is 19.5 Å². The summed E-state index contributed by atoms with van der Waals surface area (Å²) in [6, 6.07) is 11.1. The summed E-state index contributed by atoms with van der Waals surface area (Å²) >= 11 is 0. The molecule has 0 amide bonds. The molecule has 2 aromatic carbocycles. The second kappa shape index (κ2) is 8.07. The lowest BCUT2D eigenvalue weighted by Gasteiger charge is -2.35. The minimum absolute atomic E-state index is 0.0572. The maximum Gasteiger partial charge on any atom is 0.247 e. The number of nitrogens with zero attached hydrogens (tertiary/aromatic N) is 2. The van der Waals surface area contributed by atoms with E-state index in [0.29, 0.717) is 18.8 Å². The summed E-state index contributed by atoms with van der Waals surface area (Å²) in [7, 11) is -0.877. The average Bonchev–Trinajstić information content (AvgIpc) is 2.73. The fourth-order valence-electron chi connectivity index (χ4n) is 3.14. The van der Waals surface area contributed by atoms with Crippen molar-refractivity contribution in [2.24, 2.45) is 0 Å². The van der Waals surface area contributed by atoms with Crippen molar-refractivity contribution in [3.8, 4) is 11.5 Å². The van der Waals surface area contributed by atoms with Crippen molar-refractivity contribution < 1.29 is 27.8 Å². The number of carboxylic acids is 1. The summed E-state index contributed by atoms with van der Waals surface area (Å²) in [6.45, 7) is 1.39. The zero-order valence-corrected chi connectivity index (χ0v) is 16.4. The number of ether oxygens (including phenoxy) is 2. The quantitative estimate of drug-likeness (QED) is 0.693. The number of anilines is 1. The highest BCUT2D eigenvalue weighted by Gasteiger charge is 2.31. The highest BCUT2D eigenvalue weighted by molar-refractivity contribution is 7.89. The molecule has 3 rings (SSSR count). The van der Waals surface area contributed by atoms with Crippen molar-refractivity contribution in [3.05, 3.63) is 48.0 Å². The highest BCUT2D eigenvalue weighted by atomic mass is 32.2. The summed E-state index contributed by atoms with van der Waals surface area (Å²) in [5.41, 5.74) is 0.811.